The molecule has 1 aromatic heterocycles. The largest absolute Gasteiger partial charge is 0.369 e. The van der Waals surface area contributed by atoms with Crippen LogP contribution in [0.4, 0.5) is 5.69 Å². The van der Waals surface area contributed by atoms with Gasteiger partial charge in [0.2, 0.25) is 0 Å². The molecule has 1 spiro atoms. The number of benzene rings is 1. The van der Waals surface area contributed by atoms with Gasteiger partial charge < -0.3 is 9.88 Å². The SMILES string of the molecule is Cl.O=c1[nH]c([C@@H]2CC[C@H](N3CCN(c4ccc(Cl)cc4)CC3)C2)nc2c1CC1(CC2)CC1. The quantitative estimate of drug-likeness (QED) is 0.707. The van der Waals surface area contributed by atoms with E-state index in [1.165, 1.54) is 31.4 Å². The average Bonchev–Trinajstić information content (AvgIpc) is 3.35. The lowest BCUT2D eigenvalue weighted by Gasteiger charge is -2.39. The Labute approximate surface area is 201 Å². The lowest BCUT2D eigenvalue weighted by molar-refractivity contribution is 0.186. The Morgan fingerprint density at radius 2 is 1.78 bits per heavy atom. The van der Waals surface area contributed by atoms with Crippen LogP contribution in [0.15, 0.2) is 29.1 Å². The summed E-state index contributed by atoms with van der Waals surface area (Å²) in [6, 6.07) is 8.79. The standard InChI is InChI=1S/C25H31ClN4O.ClH/c26-18-2-5-19(6-3-18)29-11-13-30(14-12-29)20-4-1-17(15-20)23-27-22-7-8-25(9-10-25)16-21(22)24(31)28-23;/h2-3,5-6,17,20H,1,4,7-16H2,(H,27,28,31);1H/t17-,20+;/m1./s1. The van der Waals surface area contributed by atoms with Crippen LogP contribution in [0.5, 0.6) is 0 Å². The van der Waals surface area contributed by atoms with Crippen LogP contribution in [0.2, 0.25) is 5.02 Å². The normalized spacial score (nSPS) is 26.6. The number of rotatable bonds is 3. The number of halogens is 2. The molecule has 2 atom stereocenters. The summed E-state index contributed by atoms with van der Waals surface area (Å²) in [5.74, 6) is 1.35. The van der Waals surface area contributed by atoms with Gasteiger partial charge in [-0.1, -0.05) is 11.6 Å². The van der Waals surface area contributed by atoms with Gasteiger partial charge >= 0.3 is 0 Å². The van der Waals surface area contributed by atoms with Crippen molar-refractivity contribution in [1.82, 2.24) is 14.9 Å². The summed E-state index contributed by atoms with van der Waals surface area (Å²) in [6.07, 6.45) is 9.22. The van der Waals surface area contributed by atoms with Crippen LogP contribution in [-0.2, 0) is 12.8 Å². The summed E-state index contributed by atoms with van der Waals surface area (Å²) in [7, 11) is 0. The molecular weight excluding hydrogens is 443 g/mol. The fraction of sp³-hybridized carbons (Fsp3) is 0.600. The van der Waals surface area contributed by atoms with Crippen LogP contribution >= 0.6 is 24.0 Å². The van der Waals surface area contributed by atoms with Gasteiger partial charge in [0.15, 0.2) is 0 Å². The van der Waals surface area contributed by atoms with Gasteiger partial charge in [0, 0.05) is 54.4 Å². The molecule has 0 bridgehead atoms. The van der Waals surface area contributed by atoms with E-state index >= 15 is 0 Å². The summed E-state index contributed by atoms with van der Waals surface area (Å²) < 4.78 is 0. The Morgan fingerprint density at radius 1 is 1.03 bits per heavy atom. The molecule has 0 radical (unpaired) electrons. The van der Waals surface area contributed by atoms with Gasteiger partial charge in [0.05, 0.1) is 5.69 Å². The Hall–Kier alpha value is -1.56. The molecule has 0 amide bonds. The molecule has 1 aliphatic heterocycles. The van der Waals surface area contributed by atoms with E-state index in [1.54, 1.807) is 0 Å². The predicted octanol–water partition coefficient (Wildman–Crippen LogP) is 4.57. The van der Waals surface area contributed by atoms with Gasteiger partial charge in [-0.05, 0) is 81.0 Å². The first-order valence-corrected chi connectivity index (χ1v) is 12.3. The van der Waals surface area contributed by atoms with Gasteiger partial charge in [-0.3, -0.25) is 9.69 Å². The molecule has 4 aliphatic rings. The molecule has 0 unspecified atom stereocenters. The second-order valence-electron chi connectivity index (χ2n) is 10.2. The number of fused-ring (bicyclic) bond motifs is 1. The summed E-state index contributed by atoms with van der Waals surface area (Å²) in [5, 5.41) is 0.792. The highest BCUT2D eigenvalue weighted by Gasteiger charge is 2.46. The number of nitrogens with one attached hydrogen (secondary N) is 1. The van der Waals surface area contributed by atoms with Crippen LogP contribution in [-0.4, -0.2) is 47.1 Å². The van der Waals surface area contributed by atoms with E-state index in [0.29, 0.717) is 17.4 Å². The number of aryl methyl sites for hydroxylation is 1. The number of nitrogens with zero attached hydrogens (tertiary/aromatic N) is 3. The molecular formula is C25H32Cl2N4O. The number of anilines is 1. The first kappa shape index (κ1) is 22.2. The summed E-state index contributed by atoms with van der Waals surface area (Å²) >= 11 is 6.03. The van der Waals surface area contributed by atoms with Crippen LogP contribution in [0.25, 0.3) is 0 Å². The van der Waals surface area contributed by atoms with E-state index in [9.17, 15) is 4.79 Å². The molecule has 2 heterocycles. The number of hydrogen-bond donors (Lipinski definition) is 1. The van der Waals surface area contributed by atoms with Crippen LogP contribution < -0.4 is 10.5 Å². The Morgan fingerprint density at radius 3 is 2.50 bits per heavy atom. The topological polar surface area (TPSA) is 52.2 Å². The third-order valence-corrected chi connectivity index (χ3v) is 8.59. The second-order valence-corrected chi connectivity index (χ2v) is 10.7. The van der Waals surface area contributed by atoms with Crippen molar-refractivity contribution >= 4 is 29.7 Å². The fourth-order valence-corrected chi connectivity index (χ4v) is 6.26. The summed E-state index contributed by atoms with van der Waals surface area (Å²) in [6.45, 7) is 4.30. The Kier molecular flexibility index (Phi) is 6.02. The van der Waals surface area contributed by atoms with E-state index < -0.39 is 0 Å². The zero-order valence-corrected chi connectivity index (χ0v) is 20.1. The summed E-state index contributed by atoms with van der Waals surface area (Å²) in [5.41, 5.74) is 3.94. The number of aromatic amines is 1. The maximum absolute atomic E-state index is 12.8. The van der Waals surface area contributed by atoms with Gasteiger partial charge in [0.1, 0.15) is 5.82 Å². The molecule has 32 heavy (non-hydrogen) atoms. The molecule has 7 heteroatoms. The minimum atomic E-state index is 0. The molecule has 3 fully saturated rings. The van der Waals surface area contributed by atoms with E-state index in [-0.39, 0.29) is 18.0 Å². The Balaban J connectivity index is 0.00000216. The van der Waals surface area contributed by atoms with E-state index in [1.807, 2.05) is 12.1 Å². The van der Waals surface area contributed by atoms with Gasteiger partial charge in [-0.25, -0.2) is 4.98 Å². The minimum Gasteiger partial charge on any atom is -0.369 e. The smallest absolute Gasteiger partial charge is 0.254 e. The zero-order valence-electron chi connectivity index (χ0n) is 18.5. The number of H-pyrrole nitrogens is 1. The van der Waals surface area contributed by atoms with Crippen molar-refractivity contribution < 1.29 is 0 Å². The fourth-order valence-electron chi connectivity index (χ4n) is 6.13. The average molecular weight is 475 g/mol. The lowest BCUT2D eigenvalue weighted by atomic mass is 9.84. The highest BCUT2D eigenvalue weighted by atomic mass is 35.5. The van der Waals surface area contributed by atoms with Crippen LogP contribution in [0, 0.1) is 5.41 Å². The van der Waals surface area contributed by atoms with Crippen molar-refractivity contribution in [3.8, 4) is 0 Å². The third kappa shape index (κ3) is 4.20. The first-order valence-electron chi connectivity index (χ1n) is 12.0. The van der Waals surface area contributed by atoms with Gasteiger partial charge in [0.25, 0.3) is 5.56 Å². The number of aromatic nitrogens is 2. The molecule has 5 nitrogen and oxygen atoms in total. The first-order chi connectivity index (χ1) is 15.1. The molecule has 1 aromatic carbocycles. The third-order valence-electron chi connectivity index (χ3n) is 8.33. The van der Waals surface area contributed by atoms with E-state index in [4.69, 9.17) is 16.6 Å². The van der Waals surface area contributed by atoms with Crippen molar-refractivity contribution in [2.45, 2.75) is 63.3 Å². The zero-order chi connectivity index (χ0) is 21.0. The molecule has 2 saturated carbocycles. The molecule has 1 saturated heterocycles. The van der Waals surface area contributed by atoms with Gasteiger partial charge in [-0.15, -0.1) is 12.4 Å². The number of piperazine rings is 1. The highest BCUT2D eigenvalue weighted by Crippen LogP contribution is 2.54. The summed E-state index contributed by atoms with van der Waals surface area (Å²) in [4.78, 5) is 26.1. The van der Waals surface area contributed by atoms with Crippen molar-refractivity contribution in [3.05, 3.63) is 56.7 Å². The second kappa shape index (κ2) is 8.66. The maximum atomic E-state index is 12.8. The minimum absolute atomic E-state index is 0. The maximum Gasteiger partial charge on any atom is 0.254 e. The molecule has 172 valence electrons. The molecule has 2 aromatic rings. The van der Waals surface area contributed by atoms with Crippen molar-refractivity contribution in [2.24, 2.45) is 5.41 Å². The van der Waals surface area contributed by atoms with E-state index in [0.717, 1.165) is 74.0 Å². The van der Waals surface area contributed by atoms with E-state index in [2.05, 4.69) is 26.9 Å². The monoisotopic (exact) mass is 474 g/mol. The Bertz CT molecular complexity index is 1030. The lowest BCUT2D eigenvalue weighted by Crippen LogP contribution is -2.49. The molecule has 1 N–H and O–H groups in total. The highest BCUT2D eigenvalue weighted by molar-refractivity contribution is 6.30. The molecule has 6 rings (SSSR count). The van der Waals surface area contributed by atoms with Gasteiger partial charge in [-0.2, -0.15) is 0 Å². The van der Waals surface area contributed by atoms with Crippen LogP contribution in [0.3, 0.4) is 0 Å². The van der Waals surface area contributed by atoms with Crippen molar-refractivity contribution in [3.63, 3.8) is 0 Å². The van der Waals surface area contributed by atoms with Crippen molar-refractivity contribution in [1.29, 1.82) is 0 Å². The molecule has 3 aliphatic carbocycles. The number of hydrogen-bond acceptors (Lipinski definition) is 4. The van der Waals surface area contributed by atoms with Crippen molar-refractivity contribution in [2.75, 3.05) is 31.1 Å². The van der Waals surface area contributed by atoms with Crippen LogP contribution in [0.1, 0.15) is 61.5 Å². The predicted molar refractivity (Wildman–Crippen MR) is 131 cm³/mol.